The first-order valence-corrected chi connectivity index (χ1v) is 19.8. The molecule has 7 rings (SSSR count). The van der Waals surface area contributed by atoms with Crippen LogP contribution in [-0.2, 0) is 37.6 Å². The Kier molecular flexibility index (Phi) is 8.12. The van der Waals surface area contributed by atoms with Gasteiger partial charge in [0.2, 0.25) is 5.91 Å². The van der Waals surface area contributed by atoms with Gasteiger partial charge in [0.15, 0.2) is 5.60 Å². The second-order valence-corrected chi connectivity index (χ2v) is 18.7. The fraction of sp³-hybridized carbons (Fsp3) is 0.432. The van der Waals surface area contributed by atoms with Gasteiger partial charge in [0.25, 0.3) is 5.91 Å². The fourth-order valence-corrected chi connectivity index (χ4v) is 12.7. The molecule has 0 radical (unpaired) electrons. The molecule has 0 aromatic heterocycles. The number of aliphatic hydroxyl groups is 1. The molecule has 4 heterocycles. The Labute approximate surface area is 282 Å². The van der Waals surface area contributed by atoms with Crippen LogP contribution >= 0.6 is 0 Å². The molecule has 4 aliphatic heterocycles. The monoisotopic (exact) mass is 669 g/mol. The van der Waals surface area contributed by atoms with Gasteiger partial charge in [-0.2, -0.15) is 0 Å². The lowest BCUT2D eigenvalue weighted by atomic mass is 9.82. The quantitative estimate of drug-likeness (QED) is 0.376. The summed E-state index contributed by atoms with van der Waals surface area (Å²) < 4.78 is 17.8. The third-order valence-electron chi connectivity index (χ3n) is 11.3. The van der Waals surface area contributed by atoms with E-state index < -0.39 is 25.9 Å². The average Bonchev–Trinajstić information content (AvgIpc) is 3.72. The Morgan fingerprint density at radius 1 is 1.06 bits per heavy atom. The van der Waals surface area contributed by atoms with Gasteiger partial charge in [0.05, 0.1) is 52.6 Å². The van der Waals surface area contributed by atoms with Gasteiger partial charge < -0.3 is 29.1 Å². The van der Waals surface area contributed by atoms with Crippen LogP contribution in [-0.4, -0.2) is 82.0 Å². The minimum atomic E-state index is -2.48. The zero-order valence-electron chi connectivity index (χ0n) is 28.1. The van der Waals surface area contributed by atoms with Crippen molar-refractivity contribution in [3.05, 3.63) is 83.4 Å². The summed E-state index contributed by atoms with van der Waals surface area (Å²) in [5, 5.41) is 11.5. The highest BCUT2D eigenvalue weighted by Crippen LogP contribution is 2.60. The summed E-state index contributed by atoms with van der Waals surface area (Å²) in [4.78, 5) is 46.4. The van der Waals surface area contributed by atoms with Crippen molar-refractivity contribution in [2.24, 2.45) is 5.92 Å². The zero-order chi connectivity index (χ0) is 34.0. The zero-order valence-corrected chi connectivity index (χ0v) is 29.1. The third kappa shape index (κ3) is 4.93. The van der Waals surface area contributed by atoms with Gasteiger partial charge in [0.1, 0.15) is 12.4 Å². The normalized spacial score (nSPS) is 26.6. The van der Waals surface area contributed by atoms with Crippen molar-refractivity contribution >= 4 is 42.5 Å². The van der Waals surface area contributed by atoms with E-state index in [2.05, 4.69) is 38.2 Å². The molecule has 2 fully saturated rings. The number of aliphatic hydroxyl groups excluding tert-OH is 1. The minimum absolute atomic E-state index is 0.0759. The van der Waals surface area contributed by atoms with Crippen LogP contribution in [0, 0.1) is 5.92 Å². The van der Waals surface area contributed by atoms with E-state index in [1.165, 1.54) is 5.19 Å². The molecular formula is C37H43N3O7Si. The maximum atomic E-state index is 14.5. The molecule has 1 N–H and O–H groups in total. The van der Waals surface area contributed by atoms with E-state index in [4.69, 9.17) is 14.2 Å². The number of fused-ring (bicyclic) bond motifs is 3. The van der Waals surface area contributed by atoms with E-state index in [9.17, 15) is 19.5 Å². The maximum Gasteiger partial charge on any atom is 0.414 e. The third-order valence-corrected chi connectivity index (χ3v) is 15.6. The molecule has 5 atom stereocenters. The number of hydrogen-bond acceptors (Lipinski definition) is 7. The van der Waals surface area contributed by atoms with Crippen molar-refractivity contribution in [3.63, 3.8) is 0 Å². The van der Waals surface area contributed by atoms with Crippen LogP contribution < -0.4 is 19.7 Å². The number of methoxy groups -OCH3 is 1. The molecule has 3 amide bonds. The largest absolute Gasteiger partial charge is 0.497 e. The topological polar surface area (TPSA) is 109 Å². The van der Waals surface area contributed by atoms with E-state index in [0.717, 1.165) is 22.6 Å². The molecule has 252 valence electrons. The molecule has 0 saturated carbocycles. The van der Waals surface area contributed by atoms with Gasteiger partial charge >= 0.3 is 6.09 Å². The van der Waals surface area contributed by atoms with Gasteiger partial charge in [-0.15, -0.1) is 0 Å². The van der Waals surface area contributed by atoms with Gasteiger partial charge in [0, 0.05) is 30.8 Å². The number of likely N-dealkylation sites (N-methyl/N-ethyl adjacent to an activating group) is 1. The summed E-state index contributed by atoms with van der Waals surface area (Å²) in [5.74, 6) is 0.185. The Bertz CT molecular complexity index is 1760. The van der Waals surface area contributed by atoms with Crippen LogP contribution in [0.2, 0.25) is 18.6 Å². The number of anilines is 2. The van der Waals surface area contributed by atoms with E-state index in [-0.39, 0.29) is 42.3 Å². The van der Waals surface area contributed by atoms with Gasteiger partial charge in [-0.25, -0.2) is 4.79 Å². The standard InChI is InChI=1S/C37H43N3O7Si/c1-23-34(48(4,5)29-13-11-28(45-3)12-14-29)32(20-33(42)40-21-25-9-7-6-8-24(25)18-27(40)22-41)47-37(23)30-19-26(39-16-17-46-36(39)44)10-15-31(30)38(2)35(37)43/h6-15,19,23,27,32,34,41H,16-18,20-22H2,1-5H3/t23-,27-,32+,34-,37+/m0/s1. The number of benzene rings is 3. The Morgan fingerprint density at radius 2 is 1.79 bits per heavy atom. The molecule has 10 nitrogen and oxygen atoms in total. The smallest absolute Gasteiger partial charge is 0.414 e. The highest BCUT2D eigenvalue weighted by atomic mass is 28.3. The van der Waals surface area contributed by atoms with Crippen LogP contribution in [0.4, 0.5) is 16.2 Å². The number of ether oxygens (including phenoxy) is 3. The molecule has 0 aliphatic carbocycles. The number of rotatable bonds is 7. The van der Waals surface area contributed by atoms with Crippen LogP contribution in [0.3, 0.4) is 0 Å². The van der Waals surface area contributed by atoms with Crippen molar-refractivity contribution in [3.8, 4) is 5.75 Å². The second-order valence-electron chi connectivity index (χ2n) is 14.0. The summed E-state index contributed by atoms with van der Waals surface area (Å²) in [7, 11) is 0.919. The molecule has 11 heteroatoms. The predicted molar refractivity (Wildman–Crippen MR) is 184 cm³/mol. The number of cyclic esters (lactones) is 1. The summed E-state index contributed by atoms with van der Waals surface area (Å²) in [6.45, 7) is 7.65. The number of carbonyl (C=O) groups excluding carboxylic acids is 3. The van der Waals surface area contributed by atoms with Crippen LogP contribution in [0.15, 0.2) is 66.7 Å². The summed E-state index contributed by atoms with van der Waals surface area (Å²) in [5.41, 5.74) is 2.82. The van der Waals surface area contributed by atoms with Gasteiger partial charge in [-0.1, -0.05) is 61.6 Å². The average molecular weight is 670 g/mol. The SMILES string of the molecule is COc1ccc([Si](C)(C)[C@@H]2[C@@H](CC(=O)N3Cc4ccccc4C[C@H]3CO)O[C@]3(C(=O)N(C)c4ccc(N5CCOC5=O)cc43)[C@H]2C)cc1. The number of hydrogen-bond donors (Lipinski definition) is 1. The summed E-state index contributed by atoms with van der Waals surface area (Å²) in [6.07, 6.45) is -0.334. The maximum absolute atomic E-state index is 14.5. The molecule has 3 aromatic carbocycles. The van der Waals surface area contributed by atoms with E-state index in [1.807, 2.05) is 48.5 Å². The summed E-state index contributed by atoms with van der Waals surface area (Å²) >= 11 is 0. The predicted octanol–water partition coefficient (Wildman–Crippen LogP) is 4.18. The first-order chi connectivity index (χ1) is 23.0. The number of carbonyl (C=O) groups is 3. The van der Waals surface area contributed by atoms with Crippen molar-refractivity contribution in [2.45, 2.75) is 62.7 Å². The van der Waals surface area contributed by atoms with E-state index in [0.29, 0.717) is 37.4 Å². The molecule has 0 unspecified atom stereocenters. The van der Waals surface area contributed by atoms with Crippen molar-refractivity contribution < 1.29 is 33.7 Å². The highest BCUT2D eigenvalue weighted by Gasteiger charge is 2.66. The van der Waals surface area contributed by atoms with Gasteiger partial charge in [-0.3, -0.25) is 14.5 Å². The number of amides is 3. The first kappa shape index (κ1) is 32.4. The Morgan fingerprint density at radius 3 is 2.46 bits per heavy atom. The van der Waals surface area contributed by atoms with Crippen molar-refractivity contribution in [1.29, 1.82) is 0 Å². The molecule has 1 spiro atoms. The fourth-order valence-electron chi connectivity index (χ4n) is 8.73. The Hall–Kier alpha value is -4.19. The molecule has 2 saturated heterocycles. The highest BCUT2D eigenvalue weighted by molar-refractivity contribution is 6.91. The molecule has 3 aromatic rings. The Balaban J connectivity index is 1.30. The van der Waals surface area contributed by atoms with Crippen molar-refractivity contribution in [1.82, 2.24) is 4.90 Å². The minimum Gasteiger partial charge on any atom is -0.497 e. The van der Waals surface area contributed by atoms with E-state index in [1.54, 1.807) is 28.9 Å². The van der Waals surface area contributed by atoms with Crippen molar-refractivity contribution in [2.75, 3.05) is 43.7 Å². The summed E-state index contributed by atoms with van der Waals surface area (Å²) in [6, 6.07) is 21.4. The lowest BCUT2D eigenvalue weighted by molar-refractivity contribution is -0.150. The lowest BCUT2D eigenvalue weighted by Crippen LogP contribution is -2.52. The van der Waals surface area contributed by atoms with Crippen LogP contribution in [0.1, 0.15) is 30.0 Å². The van der Waals surface area contributed by atoms with Gasteiger partial charge in [-0.05, 0) is 53.4 Å². The lowest BCUT2D eigenvalue weighted by Gasteiger charge is -2.39. The first-order valence-electron chi connectivity index (χ1n) is 16.7. The number of nitrogens with zero attached hydrogens (tertiary/aromatic N) is 3. The molecular weight excluding hydrogens is 627 g/mol. The molecule has 4 aliphatic rings. The van der Waals surface area contributed by atoms with Crippen LogP contribution in [0.5, 0.6) is 5.75 Å². The molecule has 0 bridgehead atoms. The van der Waals surface area contributed by atoms with E-state index >= 15 is 0 Å². The molecule has 48 heavy (non-hydrogen) atoms. The second kappa shape index (κ2) is 12.0. The van der Waals surface area contributed by atoms with Crippen LogP contribution in [0.25, 0.3) is 0 Å².